The van der Waals surface area contributed by atoms with Crippen molar-refractivity contribution in [1.82, 2.24) is 20.6 Å². The van der Waals surface area contributed by atoms with Crippen molar-refractivity contribution in [2.75, 3.05) is 25.7 Å². The first kappa shape index (κ1) is 49.3. The summed E-state index contributed by atoms with van der Waals surface area (Å²) < 4.78 is 53.9. The summed E-state index contributed by atoms with van der Waals surface area (Å²) in [6.45, 7) is 10.7. The van der Waals surface area contributed by atoms with E-state index in [1.807, 2.05) is 0 Å². The number of phenolic OH excluding ortho intramolecular Hbond substituents is 2. The van der Waals surface area contributed by atoms with E-state index in [4.69, 9.17) is 28.9 Å². The number of nitrogens with zero attached hydrogens (tertiary/aromatic N) is 4. The van der Waals surface area contributed by atoms with E-state index in [1.54, 1.807) is 68.2 Å². The Morgan fingerprint density at radius 1 is 0.682 bits per heavy atom. The van der Waals surface area contributed by atoms with Crippen molar-refractivity contribution in [1.29, 1.82) is 0 Å². The quantitative estimate of drug-likeness (QED) is 0.152. The van der Waals surface area contributed by atoms with E-state index in [1.165, 1.54) is 59.9 Å². The van der Waals surface area contributed by atoms with Crippen molar-refractivity contribution in [2.45, 2.75) is 89.5 Å². The van der Waals surface area contributed by atoms with Crippen LogP contribution in [0.2, 0.25) is 0 Å². The van der Waals surface area contributed by atoms with Gasteiger partial charge in [-0.1, -0.05) is 23.5 Å². The molecule has 2 aliphatic carbocycles. The second kappa shape index (κ2) is 19.1. The van der Waals surface area contributed by atoms with Crippen LogP contribution in [0.1, 0.15) is 74.9 Å². The van der Waals surface area contributed by atoms with E-state index >= 15 is 8.78 Å². The summed E-state index contributed by atoms with van der Waals surface area (Å²) >= 11 is 9.95. The van der Waals surface area contributed by atoms with Gasteiger partial charge < -0.3 is 29.2 Å². The molecule has 66 heavy (non-hydrogen) atoms. The van der Waals surface area contributed by atoms with E-state index in [2.05, 4.69) is 52.5 Å². The van der Waals surface area contributed by atoms with Crippen molar-refractivity contribution in [3.05, 3.63) is 103 Å². The average molecular weight is 1080 g/mol. The minimum absolute atomic E-state index is 0.0558. The zero-order valence-corrected chi connectivity index (χ0v) is 42.3. The number of carbonyl (C=O) groups is 2. The molecule has 2 amide bonds. The van der Waals surface area contributed by atoms with Crippen LogP contribution in [-0.4, -0.2) is 79.6 Å². The number of carbonyl (C=O) groups excluding carboxylic acids is 2. The van der Waals surface area contributed by atoms with Crippen LogP contribution in [0.5, 0.6) is 23.3 Å². The van der Waals surface area contributed by atoms with Gasteiger partial charge in [-0.3, -0.25) is 10.6 Å². The molecule has 8 rings (SSSR count). The number of amides is 2. The summed E-state index contributed by atoms with van der Waals surface area (Å²) in [5.41, 5.74) is 0.782. The molecule has 14 nitrogen and oxygen atoms in total. The maximum Gasteiger partial charge on any atom is 0.413 e. The molecule has 352 valence electrons. The van der Waals surface area contributed by atoms with Gasteiger partial charge in [0.1, 0.15) is 34.3 Å². The lowest BCUT2D eigenvalue weighted by Crippen LogP contribution is -2.48. The summed E-state index contributed by atoms with van der Waals surface area (Å²) in [4.78, 5) is 43.4. The second-order valence-electron chi connectivity index (χ2n) is 18.2. The number of benzene rings is 2. The Morgan fingerprint density at radius 3 is 1.41 bits per heavy atom. The standard InChI is InChI=1S/2C23H25BrFN3O4S/c2*1-22(2,3)32-21(30)27-20-28-23(16-8-13(29)5-6-18(16)25)9-15-14(7-12(23)11-33-20)17(24)10-26-19(15)31-4/h2*5-6,8,10,12,29H,7,9,11H2,1-4H3,(H,27,28,30)/t2*12-,23-/m10/s1. The molecular weight excluding hydrogens is 1030 g/mol. The van der Waals surface area contributed by atoms with Crippen LogP contribution in [-0.2, 0) is 46.2 Å². The number of thioether (sulfide) groups is 2. The van der Waals surface area contributed by atoms with Gasteiger partial charge in [0, 0.05) is 79.8 Å². The number of phenols is 2. The van der Waals surface area contributed by atoms with Crippen molar-refractivity contribution < 1.29 is 47.5 Å². The van der Waals surface area contributed by atoms with Gasteiger partial charge in [-0.15, -0.1) is 0 Å². The Morgan fingerprint density at radius 2 is 1.06 bits per heavy atom. The van der Waals surface area contributed by atoms with Crippen LogP contribution in [0, 0.1) is 23.5 Å². The third kappa shape index (κ3) is 10.4. The number of hydrogen-bond donors (Lipinski definition) is 4. The molecular formula is C46H50Br2F2N6O8S2. The van der Waals surface area contributed by atoms with E-state index < -0.39 is 46.1 Å². The normalized spacial score (nSPS) is 22.0. The fraction of sp³-hybridized carbons (Fsp3) is 0.435. The number of hydrogen-bond acceptors (Lipinski definition) is 14. The van der Waals surface area contributed by atoms with Gasteiger partial charge in [0.25, 0.3) is 0 Å². The summed E-state index contributed by atoms with van der Waals surface area (Å²) in [5.74, 6) is 0.798. The maximum atomic E-state index is 15.2. The fourth-order valence-corrected chi connectivity index (χ4v) is 12.0. The number of amidine groups is 2. The lowest BCUT2D eigenvalue weighted by molar-refractivity contribution is 0.0551. The van der Waals surface area contributed by atoms with E-state index in [0.717, 1.165) is 31.2 Å². The highest BCUT2D eigenvalue weighted by molar-refractivity contribution is 9.10. The Hall–Kier alpha value is -4.66. The molecule has 20 heteroatoms. The molecule has 0 radical (unpaired) electrons. The summed E-state index contributed by atoms with van der Waals surface area (Å²) in [5, 5.41) is 26.5. The zero-order chi connectivity index (χ0) is 47.9. The van der Waals surface area contributed by atoms with Crippen LogP contribution >= 0.6 is 55.4 Å². The van der Waals surface area contributed by atoms with Gasteiger partial charge in [-0.05, 0) is 134 Å². The summed E-state index contributed by atoms with van der Waals surface area (Å²) in [7, 11) is 3.08. The lowest BCUT2D eigenvalue weighted by Gasteiger charge is -2.45. The molecule has 0 bridgehead atoms. The van der Waals surface area contributed by atoms with Gasteiger partial charge in [-0.2, -0.15) is 0 Å². The van der Waals surface area contributed by atoms with Crippen LogP contribution in [0.4, 0.5) is 18.4 Å². The zero-order valence-electron chi connectivity index (χ0n) is 37.5. The number of fused-ring (bicyclic) bond motifs is 4. The third-order valence-electron chi connectivity index (χ3n) is 11.4. The van der Waals surface area contributed by atoms with Crippen molar-refractivity contribution in [2.24, 2.45) is 21.8 Å². The van der Waals surface area contributed by atoms with Gasteiger partial charge >= 0.3 is 12.2 Å². The van der Waals surface area contributed by atoms with Crippen LogP contribution in [0.15, 0.2) is 67.7 Å². The van der Waals surface area contributed by atoms with E-state index in [-0.39, 0.29) is 34.5 Å². The summed E-state index contributed by atoms with van der Waals surface area (Å²) in [6, 6.07) is 7.91. The predicted octanol–water partition coefficient (Wildman–Crippen LogP) is 9.87. The van der Waals surface area contributed by atoms with Crippen molar-refractivity contribution in [3.63, 3.8) is 0 Å². The molecule has 0 saturated carbocycles. The first-order valence-corrected chi connectivity index (χ1v) is 24.4. The number of aromatic hydroxyl groups is 2. The summed E-state index contributed by atoms with van der Waals surface area (Å²) in [6.07, 6.45) is 3.93. The molecule has 2 aromatic heterocycles. The fourth-order valence-electron chi connectivity index (χ4n) is 8.70. The van der Waals surface area contributed by atoms with Crippen LogP contribution < -0.4 is 20.1 Å². The van der Waals surface area contributed by atoms with Crippen molar-refractivity contribution in [3.8, 4) is 23.3 Å². The topological polar surface area (TPSA) is 186 Å². The SMILES string of the molecule is COc1ncc(Br)c2c1C[C@@]1(c3cc(O)ccc3F)N=C(NC(=O)OC(C)(C)C)SC[C@H]1C2.COc1ncc(Br)c2c1C[C@]1(c3cc(O)ccc3F)N=C(NC(=O)OC(C)(C)C)SC[C@@H]1C2. The number of pyridine rings is 2. The van der Waals surface area contributed by atoms with Crippen molar-refractivity contribution >= 4 is 77.9 Å². The number of aliphatic imine (C=N–C) groups is 2. The van der Waals surface area contributed by atoms with Crippen LogP contribution in [0.3, 0.4) is 0 Å². The number of halogens is 4. The third-order valence-corrected chi connectivity index (χ3v) is 14.9. The first-order valence-electron chi connectivity index (χ1n) is 20.9. The Labute approximate surface area is 406 Å². The monoisotopic (exact) mass is 1070 g/mol. The molecule has 2 aliphatic heterocycles. The molecule has 2 aromatic carbocycles. The van der Waals surface area contributed by atoms with Gasteiger partial charge in [0.05, 0.1) is 25.3 Å². The van der Waals surface area contributed by atoms with Gasteiger partial charge in [0.2, 0.25) is 11.8 Å². The molecule has 4 heterocycles. The maximum absolute atomic E-state index is 15.2. The lowest BCUT2D eigenvalue weighted by atomic mass is 9.67. The highest BCUT2D eigenvalue weighted by atomic mass is 79.9. The number of aromatic nitrogens is 2. The molecule has 4 aromatic rings. The molecule has 4 aliphatic rings. The number of nitrogens with one attached hydrogen (secondary N) is 2. The minimum atomic E-state index is -1.07. The molecule has 0 fully saturated rings. The highest BCUT2D eigenvalue weighted by Gasteiger charge is 2.51. The number of rotatable bonds is 4. The Bertz CT molecular complexity index is 2450. The van der Waals surface area contributed by atoms with Gasteiger partial charge in [-0.25, -0.2) is 38.3 Å². The average Bonchev–Trinajstić information content (AvgIpc) is 3.23. The van der Waals surface area contributed by atoms with E-state index in [0.29, 0.717) is 59.3 Å². The van der Waals surface area contributed by atoms with E-state index in [9.17, 15) is 19.8 Å². The second-order valence-corrected chi connectivity index (χ2v) is 21.9. The van der Waals surface area contributed by atoms with Crippen LogP contribution in [0.25, 0.3) is 0 Å². The molecule has 4 atom stereocenters. The number of methoxy groups -OCH3 is 2. The Balaban J connectivity index is 0.000000196. The highest BCUT2D eigenvalue weighted by Crippen LogP contribution is 2.53. The molecule has 0 saturated heterocycles. The largest absolute Gasteiger partial charge is 0.508 e. The van der Waals surface area contributed by atoms with Gasteiger partial charge in [0.15, 0.2) is 10.3 Å². The first-order chi connectivity index (χ1) is 31.0. The molecule has 4 N–H and O–H groups in total. The smallest absolute Gasteiger partial charge is 0.413 e. The number of alkyl carbamates (subject to hydrolysis) is 2. The number of ether oxygens (including phenoxy) is 4. The molecule has 0 unspecified atom stereocenters. The predicted molar refractivity (Wildman–Crippen MR) is 257 cm³/mol. The minimum Gasteiger partial charge on any atom is -0.508 e. The molecule has 0 spiro atoms. The Kier molecular flexibility index (Phi) is 14.3.